The van der Waals surface area contributed by atoms with E-state index >= 15 is 0 Å². The van der Waals surface area contributed by atoms with Crippen molar-refractivity contribution in [3.63, 3.8) is 0 Å². The molecule has 1 aliphatic heterocycles. The average Bonchev–Trinajstić information content (AvgIpc) is 2.39. The van der Waals surface area contributed by atoms with Crippen molar-refractivity contribution >= 4 is 27.3 Å². The predicted octanol–water partition coefficient (Wildman–Crippen LogP) is 4.03. The van der Waals surface area contributed by atoms with E-state index < -0.39 is 0 Å². The van der Waals surface area contributed by atoms with Crippen molar-refractivity contribution in [1.29, 1.82) is 0 Å². The number of rotatable bonds is 1. The van der Waals surface area contributed by atoms with Crippen molar-refractivity contribution in [3.8, 4) is 0 Å². The SMILES string of the molecule is Brc1ccc(C2CNc3ccccc3N2)cc1. The van der Waals surface area contributed by atoms with E-state index in [0.717, 1.165) is 11.0 Å². The molecule has 2 nitrogen and oxygen atoms in total. The third-order valence-corrected chi connectivity index (χ3v) is 3.55. The number of benzene rings is 2. The average molecular weight is 289 g/mol. The Morgan fingerprint density at radius 2 is 1.65 bits per heavy atom. The molecule has 0 bridgehead atoms. The Morgan fingerprint density at radius 3 is 2.41 bits per heavy atom. The highest BCUT2D eigenvalue weighted by Gasteiger charge is 2.17. The Balaban J connectivity index is 1.86. The van der Waals surface area contributed by atoms with Gasteiger partial charge in [-0.3, -0.25) is 0 Å². The second kappa shape index (κ2) is 4.41. The molecule has 0 spiro atoms. The fraction of sp³-hybridized carbons (Fsp3) is 0.143. The number of hydrogen-bond acceptors (Lipinski definition) is 2. The molecule has 3 heteroatoms. The maximum Gasteiger partial charge on any atom is 0.0687 e. The van der Waals surface area contributed by atoms with Gasteiger partial charge in [-0.15, -0.1) is 0 Å². The van der Waals surface area contributed by atoms with Crippen LogP contribution in [0.15, 0.2) is 53.0 Å². The van der Waals surface area contributed by atoms with Crippen LogP contribution in [0.25, 0.3) is 0 Å². The lowest BCUT2D eigenvalue weighted by Crippen LogP contribution is -2.25. The molecule has 2 aromatic rings. The third kappa shape index (κ3) is 2.15. The summed E-state index contributed by atoms with van der Waals surface area (Å²) >= 11 is 3.46. The summed E-state index contributed by atoms with van der Waals surface area (Å²) in [4.78, 5) is 0. The van der Waals surface area contributed by atoms with E-state index in [-0.39, 0.29) is 0 Å². The van der Waals surface area contributed by atoms with Crippen LogP contribution < -0.4 is 10.6 Å². The van der Waals surface area contributed by atoms with Gasteiger partial charge in [0.2, 0.25) is 0 Å². The summed E-state index contributed by atoms with van der Waals surface area (Å²) in [7, 11) is 0. The number of para-hydroxylation sites is 2. The first kappa shape index (κ1) is 10.7. The molecule has 0 saturated carbocycles. The van der Waals surface area contributed by atoms with Gasteiger partial charge in [0.25, 0.3) is 0 Å². The molecule has 86 valence electrons. The fourth-order valence-corrected chi connectivity index (χ4v) is 2.37. The summed E-state index contributed by atoms with van der Waals surface area (Å²) in [6.45, 7) is 0.915. The van der Waals surface area contributed by atoms with Gasteiger partial charge in [-0.05, 0) is 29.8 Å². The third-order valence-electron chi connectivity index (χ3n) is 3.03. The maximum atomic E-state index is 3.55. The first-order valence-corrected chi connectivity index (χ1v) is 6.47. The summed E-state index contributed by atoms with van der Waals surface area (Å²) in [5.41, 5.74) is 3.66. The minimum Gasteiger partial charge on any atom is -0.381 e. The van der Waals surface area contributed by atoms with Gasteiger partial charge in [0.05, 0.1) is 17.4 Å². The van der Waals surface area contributed by atoms with E-state index in [1.807, 2.05) is 6.07 Å². The second-order valence-electron chi connectivity index (χ2n) is 4.17. The second-order valence-corrected chi connectivity index (χ2v) is 5.09. The van der Waals surface area contributed by atoms with E-state index in [9.17, 15) is 0 Å². The van der Waals surface area contributed by atoms with Crippen molar-refractivity contribution in [1.82, 2.24) is 0 Å². The molecule has 3 rings (SSSR count). The Bertz CT molecular complexity index is 522. The molecule has 1 heterocycles. The van der Waals surface area contributed by atoms with Crippen molar-refractivity contribution in [3.05, 3.63) is 58.6 Å². The van der Waals surface area contributed by atoms with E-state index in [2.05, 4.69) is 69.0 Å². The zero-order valence-electron chi connectivity index (χ0n) is 9.28. The zero-order valence-corrected chi connectivity index (χ0v) is 10.9. The molecule has 2 N–H and O–H groups in total. The molecule has 0 radical (unpaired) electrons. The van der Waals surface area contributed by atoms with Crippen LogP contribution in [0.2, 0.25) is 0 Å². The van der Waals surface area contributed by atoms with E-state index in [1.165, 1.54) is 16.9 Å². The van der Waals surface area contributed by atoms with Crippen LogP contribution in [-0.2, 0) is 0 Å². The van der Waals surface area contributed by atoms with Crippen molar-refractivity contribution in [2.75, 3.05) is 17.2 Å². The molecular formula is C14H13BrN2. The minimum atomic E-state index is 0.331. The Labute approximate surface area is 109 Å². The molecule has 1 aliphatic rings. The van der Waals surface area contributed by atoms with Crippen LogP contribution in [0.1, 0.15) is 11.6 Å². The molecule has 0 amide bonds. The Hall–Kier alpha value is -1.48. The summed E-state index contributed by atoms with van der Waals surface area (Å²) in [5.74, 6) is 0. The standard InChI is InChI=1S/C14H13BrN2/c15-11-7-5-10(6-8-11)14-9-16-12-3-1-2-4-13(12)17-14/h1-8,14,16-17H,9H2. The highest BCUT2D eigenvalue weighted by molar-refractivity contribution is 9.10. The highest BCUT2D eigenvalue weighted by Crippen LogP contribution is 2.31. The molecule has 1 atom stereocenters. The van der Waals surface area contributed by atoms with Crippen LogP contribution in [0.3, 0.4) is 0 Å². The number of fused-ring (bicyclic) bond motifs is 1. The number of hydrogen-bond donors (Lipinski definition) is 2. The van der Waals surface area contributed by atoms with E-state index in [4.69, 9.17) is 0 Å². The quantitative estimate of drug-likeness (QED) is 0.828. The summed E-state index contributed by atoms with van der Waals surface area (Å²) < 4.78 is 1.12. The first-order valence-electron chi connectivity index (χ1n) is 5.68. The first-order chi connectivity index (χ1) is 8.33. The molecular weight excluding hydrogens is 276 g/mol. The monoisotopic (exact) mass is 288 g/mol. The van der Waals surface area contributed by atoms with E-state index in [0.29, 0.717) is 6.04 Å². The summed E-state index contributed by atoms with van der Waals surface area (Å²) in [6.07, 6.45) is 0. The van der Waals surface area contributed by atoms with E-state index in [1.54, 1.807) is 0 Å². The molecule has 2 aromatic carbocycles. The van der Waals surface area contributed by atoms with Gasteiger partial charge < -0.3 is 10.6 Å². The van der Waals surface area contributed by atoms with Crippen LogP contribution >= 0.6 is 15.9 Å². The summed E-state index contributed by atoms with van der Waals surface area (Å²) in [5, 5.41) is 7.01. The van der Waals surface area contributed by atoms with Gasteiger partial charge in [0, 0.05) is 11.0 Å². The number of nitrogens with one attached hydrogen (secondary N) is 2. The van der Waals surface area contributed by atoms with Crippen LogP contribution in [0, 0.1) is 0 Å². The molecule has 17 heavy (non-hydrogen) atoms. The topological polar surface area (TPSA) is 24.1 Å². The van der Waals surface area contributed by atoms with Crippen molar-refractivity contribution in [2.45, 2.75) is 6.04 Å². The van der Waals surface area contributed by atoms with Gasteiger partial charge in [0.15, 0.2) is 0 Å². The van der Waals surface area contributed by atoms with Crippen LogP contribution in [0.5, 0.6) is 0 Å². The maximum absolute atomic E-state index is 3.55. The lowest BCUT2D eigenvalue weighted by atomic mass is 10.0. The lowest BCUT2D eigenvalue weighted by Gasteiger charge is -2.28. The van der Waals surface area contributed by atoms with Gasteiger partial charge in [-0.2, -0.15) is 0 Å². The fourth-order valence-electron chi connectivity index (χ4n) is 2.11. The highest BCUT2D eigenvalue weighted by atomic mass is 79.9. The van der Waals surface area contributed by atoms with Crippen LogP contribution in [-0.4, -0.2) is 6.54 Å². The smallest absolute Gasteiger partial charge is 0.0687 e. The molecule has 0 fully saturated rings. The molecule has 1 unspecified atom stereocenters. The Morgan fingerprint density at radius 1 is 0.941 bits per heavy atom. The predicted molar refractivity (Wildman–Crippen MR) is 75.4 cm³/mol. The summed E-state index contributed by atoms with van der Waals surface area (Å²) in [6, 6.07) is 17.1. The minimum absolute atomic E-state index is 0.331. The van der Waals surface area contributed by atoms with Crippen LogP contribution in [0.4, 0.5) is 11.4 Å². The number of anilines is 2. The van der Waals surface area contributed by atoms with Gasteiger partial charge in [-0.25, -0.2) is 0 Å². The normalized spacial score (nSPS) is 17.8. The van der Waals surface area contributed by atoms with Crippen molar-refractivity contribution in [2.24, 2.45) is 0 Å². The largest absolute Gasteiger partial charge is 0.381 e. The molecule has 0 aliphatic carbocycles. The zero-order chi connectivity index (χ0) is 11.7. The Kier molecular flexibility index (Phi) is 2.77. The van der Waals surface area contributed by atoms with Gasteiger partial charge in [0.1, 0.15) is 0 Å². The van der Waals surface area contributed by atoms with Gasteiger partial charge in [-0.1, -0.05) is 40.2 Å². The number of halogens is 1. The lowest BCUT2D eigenvalue weighted by molar-refractivity contribution is 0.803. The molecule has 0 aromatic heterocycles. The van der Waals surface area contributed by atoms with Crippen molar-refractivity contribution < 1.29 is 0 Å². The van der Waals surface area contributed by atoms with Gasteiger partial charge >= 0.3 is 0 Å². The molecule has 0 saturated heterocycles.